The molecule has 0 aliphatic carbocycles. The van der Waals surface area contributed by atoms with Crippen LogP contribution in [0.1, 0.15) is 13.3 Å². The van der Waals surface area contributed by atoms with Gasteiger partial charge in [0, 0.05) is 13.1 Å². The molecule has 1 fully saturated rings. The molecule has 1 saturated heterocycles. The number of aromatic nitrogens is 3. The van der Waals surface area contributed by atoms with Gasteiger partial charge in [-0.25, -0.2) is 8.42 Å². The second-order valence-electron chi connectivity index (χ2n) is 6.44. The summed E-state index contributed by atoms with van der Waals surface area (Å²) in [7, 11) is -1.34. The molecule has 0 radical (unpaired) electrons. The standard InChI is InChI=1S/C16H18N4O3S3/c1-10(14(21)19(2)11-7-8-26(22,23)9-11)24-15-17-18-16-20(15)12-5-3-4-6-13(12)25-16/h3-6,10-11H,7-9H2,1-2H3. The number of thioether (sulfide) groups is 1. The minimum absolute atomic E-state index is 0.0526. The van der Waals surface area contributed by atoms with Crippen LogP contribution < -0.4 is 0 Å². The van der Waals surface area contributed by atoms with Crippen LogP contribution >= 0.6 is 23.1 Å². The van der Waals surface area contributed by atoms with E-state index in [1.807, 2.05) is 35.6 Å². The van der Waals surface area contributed by atoms with Crippen molar-refractivity contribution in [1.82, 2.24) is 19.5 Å². The van der Waals surface area contributed by atoms with E-state index in [-0.39, 0.29) is 28.7 Å². The second-order valence-corrected chi connectivity index (χ2v) is 11.0. The monoisotopic (exact) mass is 410 g/mol. The molecule has 0 saturated carbocycles. The van der Waals surface area contributed by atoms with Crippen molar-refractivity contribution in [3.8, 4) is 0 Å². The third kappa shape index (κ3) is 3.10. The van der Waals surface area contributed by atoms with Gasteiger partial charge in [-0.15, -0.1) is 10.2 Å². The van der Waals surface area contributed by atoms with E-state index in [4.69, 9.17) is 0 Å². The van der Waals surface area contributed by atoms with Crippen LogP contribution in [0.25, 0.3) is 15.2 Å². The Labute approximate surface area is 159 Å². The molecule has 2 unspecified atom stereocenters. The van der Waals surface area contributed by atoms with Gasteiger partial charge in [0.05, 0.1) is 27.0 Å². The van der Waals surface area contributed by atoms with Crippen molar-refractivity contribution in [2.45, 2.75) is 29.8 Å². The molecular formula is C16H18N4O3S3. The lowest BCUT2D eigenvalue weighted by Crippen LogP contribution is -2.41. The summed E-state index contributed by atoms with van der Waals surface area (Å²) in [5.41, 5.74) is 1.02. The lowest BCUT2D eigenvalue weighted by molar-refractivity contribution is -0.130. The Bertz CT molecular complexity index is 1090. The molecule has 2 aromatic heterocycles. The van der Waals surface area contributed by atoms with Crippen LogP contribution in [0.15, 0.2) is 29.4 Å². The molecule has 2 atom stereocenters. The van der Waals surface area contributed by atoms with Crippen LogP contribution in [0.5, 0.6) is 0 Å². The molecule has 26 heavy (non-hydrogen) atoms. The number of hydrogen-bond donors (Lipinski definition) is 0. The summed E-state index contributed by atoms with van der Waals surface area (Å²) in [4.78, 5) is 15.1. The van der Waals surface area contributed by atoms with Gasteiger partial charge >= 0.3 is 0 Å². The zero-order chi connectivity index (χ0) is 18.5. The van der Waals surface area contributed by atoms with Crippen LogP contribution in [0, 0.1) is 0 Å². The van der Waals surface area contributed by atoms with E-state index in [1.165, 1.54) is 11.8 Å². The highest BCUT2D eigenvalue weighted by atomic mass is 32.2. The van der Waals surface area contributed by atoms with Gasteiger partial charge < -0.3 is 4.90 Å². The molecule has 1 amide bonds. The highest BCUT2D eigenvalue weighted by Gasteiger charge is 2.34. The first kappa shape index (κ1) is 17.7. The summed E-state index contributed by atoms with van der Waals surface area (Å²) in [6, 6.07) is 7.75. The minimum Gasteiger partial charge on any atom is -0.341 e. The number of carbonyl (C=O) groups is 1. The number of rotatable bonds is 4. The highest BCUT2D eigenvalue weighted by molar-refractivity contribution is 8.00. The number of nitrogens with zero attached hydrogens (tertiary/aromatic N) is 4. The predicted molar refractivity (Wildman–Crippen MR) is 104 cm³/mol. The van der Waals surface area contributed by atoms with Gasteiger partial charge in [0.2, 0.25) is 10.9 Å². The number of hydrogen-bond acceptors (Lipinski definition) is 7. The fraction of sp³-hybridized carbons (Fsp3) is 0.438. The van der Waals surface area contributed by atoms with Gasteiger partial charge in [0.25, 0.3) is 0 Å². The zero-order valence-corrected chi connectivity index (χ0v) is 16.8. The van der Waals surface area contributed by atoms with Crippen molar-refractivity contribution in [1.29, 1.82) is 0 Å². The van der Waals surface area contributed by atoms with Gasteiger partial charge in [-0.05, 0) is 25.5 Å². The Balaban J connectivity index is 1.55. The Morgan fingerprint density at radius 1 is 1.38 bits per heavy atom. The maximum atomic E-state index is 12.8. The summed E-state index contributed by atoms with van der Waals surface area (Å²) in [5.74, 6) is 0.118. The average Bonchev–Trinajstić information content (AvgIpc) is 3.27. The highest BCUT2D eigenvalue weighted by Crippen LogP contribution is 2.31. The zero-order valence-electron chi connectivity index (χ0n) is 14.3. The first-order valence-corrected chi connectivity index (χ1v) is 11.7. The van der Waals surface area contributed by atoms with Crippen LogP contribution in [0.4, 0.5) is 0 Å². The van der Waals surface area contributed by atoms with E-state index < -0.39 is 9.84 Å². The number of fused-ring (bicyclic) bond motifs is 3. The number of para-hydroxylation sites is 1. The van der Waals surface area contributed by atoms with E-state index in [2.05, 4.69) is 10.2 Å². The Morgan fingerprint density at radius 2 is 2.15 bits per heavy atom. The predicted octanol–water partition coefficient (Wildman–Crippen LogP) is 2.07. The van der Waals surface area contributed by atoms with Gasteiger partial charge in [-0.1, -0.05) is 35.2 Å². The molecule has 0 N–H and O–H groups in total. The third-order valence-electron chi connectivity index (χ3n) is 4.64. The summed E-state index contributed by atoms with van der Waals surface area (Å²) in [5, 5.41) is 8.74. The Kier molecular flexibility index (Phi) is 4.44. The fourth-order valence-corrected chi connectivity index (χ4v) is 6.95. The number of carbonyl (C=O) groups excluding carboxylic acids is 1. The average molecular weight is 411 g/mol. The van der Waals surface area contributed by atoms with Gasteiger partial charge in [-0.3, -0.25) is 9.20 Å². The quantitative estimate of drug-likeness (QED) is 0.612. The van der Waals surface area contributed by atoms with Gasteiger partial charge in [0.15, 0.2) is 15.0 Å². The molecule has 3 aromatic rings. The molecule has 0 spiro atoms. The number of benzene rings is 1. The summed E-state index contributed by atoms with van der Waals surface area (Å²) < 4.78 is 26.4. The molecular weight excluding hydrogens is 392 g/mol. The van der Waals surface area contributed by atoms with E-state index in [0.29, 0.717) is 11.6 Å². The maximum Gasteiger partial charge on any atom is 0.235 e. The van der Waals surface area contributed by atoms with Crippen molar-refractivity contribution in [3.63, 3.8) is 0 Å². The molecule has 1 aromatic carbocycles. The minimum atomic E-state index is -3.02. The summed E-state index contributed by atoms with van der Waals surface area (Å²) >= 11 is 2.91. The van der Waals surface area contributed by atoms with Gasteiger partial charge in [0.1, 0.15) is 0 Å². The van der Waals surface area contributed by atoms with Crippen molar-refractivity contribution < 1.29 is 13.2 Å². The lowest BCUT2D eigenvalue weighted by atomic mass is 10.2. The van der Waals surface area contributed by atoms with E-state index in [0.717, 1.165) is 15.2 Å². The summed E-state index contributed by atoms with van der Waals surface area (Å²) in [6.45, 7) is 1.82. The second kappa shape index (κ2) is 6.50. The van der Waals surface area contributed by atoms with E-state index in [1.54, 1.807) is 23.3 Å². The van der Waals surface area contributed by atoms with Crippen LogP contribution in [-0.2, 0) is 14.6 Å². The number of amides is 1. The SMILES string of the molecule is CC(Sc1nnc2sc3ccccc3n12)C(=O)N(C)C1CCS(=O)(=O)C1. The van der Waals surface area contributed by atoms with Crippen LogP contribution in [0.2, 0.25) is 0 Å². The molecule has 0 bridgehead atoms. The van der Waals surface area contributed by atoms with Crippen molar-refractivity contribution in [2.75, 3.05) is 18.6 Å². The molecule has 3 heterocycles. The molecule has 4 rings (SSSR count). The first-order chi connectivity index (χ1) is 12.4. The van der Waals surface area contributed by atoms with E-state index in [9.17, 15) is 13.2 Å². The molecule has 1 aliphatic rings. The Hall–Kier alpha value is -1.65. The van der Waals surface area contributed by atoms with Crippen molar-refractivity contribution in [2.24, 2.45) is 0 Å². The molecule has 10 heteroatoms. The first-order valence-electron chi connectivity index (χ1n) is 8.22. The maximum absolute atomic E-state index is 12.8. The normalized spacial score (nSPS) is 20.6. The van der Waals surface area contributed by atoms with E-state index >= 15 is 0 Å². The summed E-state index contributed by atoms with van der Waals surface area (Å²) in [6.07, 6.45) is 0.506. The number of sulfone groups is 1. The van der Waals surface area contributed by atoms with Crippen LogP contribution in [0.3, 0.4) is 0 Å². The van der Waals surface area contributed by atoms with Crippen LogP contribution in [-0.4, -0.2) is 63.7 Å². The van der Waals surface area contributed by atoms with Crippen molar-refractivity contribution in [3.05, 3.63) is 24.3 Å². The molecule has 138 valence electrons. The molecule has 7 nitrogen and oxygen atoms in total. The Morgan fingerprint density at radius 3 is 2.88 bits per heavy atom. The molecule has 1 aliphatic heterocycles. The van der Waals surface area contributed by atoms with Crippen molar-refractivity contribution >= 4 is 54.0 Å². The lowest BCUT2D eigenvalue weighted by Gasteiger charge is -2.26. The largest absolute Gasteiger partial charge is 0.341 e. The van der Waals surface area contributed by atoms with Gasteiger partial charge in [-0.2, -0.15) is 0 Å². The third-order valence-corrected chi connectivity index (χ3v) is 8.44. The topological polar surface area (TPSA) is 84.6 Å². The fourth-order valence-electron chi connectivity index (χ4n) is 3.19. The number of thiazole rings is 1. The smallest absolute Gasteiger partial charge is 0.235 e.